The molecule has 5 rings (SSSR count). The molecule has 0 bridgehead atoms. The van der Waals surface area contributed by atoms with E-state index in [-0.39, 0.29) is 16.8 Å². The molecule has 1 saturated carbocycles. The maximum Gasteiger partial charge on any atom is 0.244 e. The van der Waals surface area contributed by atoms with E-state index in [2.05, 4.69) is 33.9 Å². The molecule has 1 amide bonds. The highest BCUT2D eigenvalue weighted by molar-refractivity contribution is 7.89. The number of hydrogen-bond acceptors (Lipinski definition) is 5. The van der Waals surface area contributed by atoms with Crippen molar-refractivity contribution in [3.8, 4) is 5.75 Å². The molecule has 7 nitrogen and oxygen atoms in total. The molecule has 2 heterocycles. The normalized spacial score (nSPS) is 19.3. The van der Waals surface area contributed by atoms with Gasteiger partial charge in [-0.05, 0) is 60.4 Å². The van der Waals surface area contributed by atoms with Crippen LogP contribution in [0.4, 0.5) is 0 Å². The number of amides is 1. The Morgan fingerprint density at radius 2 is 1.71 bits per heavy atom. The fourth-order valence-electron chi connectivity index (χ4n) is 4.86. The summed E-state index contributed by atoms with van der Waals surface area (Å²) in [6.45, 7) is 5.95. The summed E-state index contributed by atoms with van der Waals surface area (Å²) < 4.78 is 35.3. The van der Waals surface area contributed by atoms with Crippen LogP contribution >= 0.6 is 0 Å². The molecule has 0 unspecified atom stereocenters. The second kappa shape index (κ2) is 9.68. The summed E-state index contributed by atoms with van der Waals surface area (Å²) in [5.74, 6) is 0.830. The van der Waals surface area contributed by atoms with Crippen molar-refractivity contribution in [2.75, 3.05) is 19.7 Å². The van der Waals surface area contributed by atoms with Gasteiger partial charge in [0.05, 0.1) is 6.61 Å². The van der Waals surface area contributed by atoms with Gasteiger partial charge in [-0.3, -0.25) is 9.69 Å². The summed E-state index contributed by atoms with van der Waals surface area (Å²) in [6, 6.07) is 14.0. The summed E-state index contributed by atoms with van der Waals surface area (Å²) >= 11 is 0. The van der Waals surface area contributed by atoms with Crippen molar-refractivity contribution in [2.24, 2.45) is 5.92 Å². The third-order valence-electron chi connectivity index (χ3n) is 7.04. The molecule has 2 aliphatic heterocycles. The molecule has 0 atom stereocenters. The Labute approximate surface area is 202 Å². The first-order valence-electron chi connectivity index (χ1n) is 12.2. The molecule has 8 heteroatoms. The third-order valence-corrected chi connectivity index (χ3v) is 8.59. The molecule has 182 valence electrons. The number of ether oxygens (including phenoxy) is 1. The second-order valence-electron chi connectivity index (χ2n) is 9.85. The average molecular weight is 484 g/mol. The van der Waals surface area contributed by atoms with Gasteiger partial charge < -0.3 is 9.64 Å². The Morgan fingerprint density at radius 1 is 1.03 bits per heavy atom. The molecule has 0 radical (unpaired) electrons. The van der Waals surface area contributed by atoms with Crippen LogP contribution in [0.3, 0.4) is 0 Å². The summed E-state index contributed by atoms with van der Waals surface area (Å²) in [5.41, 5.74) is 3.63. The monoisotopic (exact) mass is 483 g/mol. The Bertz CT molecular complexity index is 1130. The van der Waals surface area contributed by atoms with Gasteiger partial charge in [-0.15, -0.1) is 0 Å². The summed E-state index contributed by atoms with van der Waals surface area (Å²) in [7, 11) is -3.66. The van der Waals surface area contributed by atoms with E-state index in [1.54, 1.807) is 13.0 Å². The lowest BCUT2D eigenvalue weighted by molar-refractivity contribution is -0.130. The van der Waals surface area contributed by atoms with Gasteiger partial charge in [-0.2, -0.15) is 0 Å². The Kier molecular flexibility index (Phi) is 6.64. The number of piperidine rings is 1. The first-order chi connectivity index (χ1) is 16.4. The van der Waals surface area contributed by atoms with Gasteiger partial charge in [-0.1, -0.05) is 30.3 Å². The number of nitrogens with one attached hydrogen (secondary N) is 1. The largest absolute Gasteiger partial charge is 0.492 e. The Hall–Kier alpha value is -2.42. The van der Waals surface area contributed by atoms with Crippen molar-refractivity contribution in [2.45, 2.75) is 63.2 Å². The van der Waals surface area contributed by atoms with Crippen LogP contribution in [0.5, 0.6) is 5.75 Å². The van der Waals surface area contributed by atoms with E-state index in [0.717, 1.165) is 57.4 Å². The van der Waals surface area contributed by atoms with Crippen molar-refractivity contribution in [1.82, 2.24) is 14.5 Å². The number of fused-ring (bicyclic) bond motifs is 1. The quantitative estimate of drug-likeness (QED) is 0.624. The molecule has 2 aromatic rings. The number of carbonyl (C=O) groups excluding carboxylic acids is 1. The Balaban J connectivity index is 1.29. The second-order valence-corrected chi connectivity index (χ2v) is 11.5. The number of likely N-dealkylation sites (tertiary alicyclic amines) is 1. The topological polar surface area (TPSA) is 79.0 Å². The molecule has 1 aliphatic carbocycles. The van der Waals surface area contributed by atoms with Crippen molar-refractivity contribution in [3.05, 3.63) is 59.2 Å². The summed E-state index contributed by atoms with van der Waals surface area (Å²) in [6.07, 6.45) is 3.51. The van der Waals surface area contributed by atoms with Gasteiger partial charge in [0.15, 0.2) is 0 Å². The van der Waals surface area contributed by atoms with Gasteiger partial charge in [-0.25, -0.2) is 13.1 Å². The lowest BCUT2D eigenvalue weighted by Gasteiger charge is -2.31. The lowest BCUT2D eigenvalue weighted by atomic mass is 9.98. The highest BCUT2D eigenvalue weighted by Gasteiger charge is 2.31. The van der Waals surface area contributed by atoms with Gasteiger partial charge in [0, 0.05) is 45.7 Å². The van der Waals surface area contributed by atoms with Gasteiger partial charge in [0.2, 0.25) is 15.9 Å². The average Bonchev–Trinajstić information content (AvgIpc) is 3.53. The van der Waals surface area contributed by atoms with Crippen LogP contribution in [-0.2, 0) is 34.5 Å². The van der Waals surface area contributed by atoms with E-state index < -0.39 is 10.0 Å². The first-order valence-corrected chi connectivity index (χ1v) is 13.7. The van der Waals surface area contributed by atoms with Gasteiger partial charge in [0.25, 0.3) is 0 Å². The van der Waals surface area contributed by atoms with E-state index in [0.29, 0.717) is 24.8 Å². The number of rotatable bonds is 8. The SMILES string of the molecule is CC(=O)N1CCC(COc2ccc(CN3Cc4ccccc4C3)cc2S(=O)(=O)NC2CC2)CC1. The van der Waals surface area contributed by atoms with Crippen molar-refractivity contribution >= 4 is 15.9 Å². The molecule has 1 saturated heterocycles. The molecule has 1 N–H and O–H groups in total. The van der Waals surface area contributed by atoms with Crippen molar-refractivity contribution in [1.29, 1.82) is 0 Å². The number of benzene rings is 2. The van der Waals surface area contributed by atoms with Crippen LogP contribution in [0.15, 0.2) is 47.4 Å². The third kappa shape index (κ3) is 5.45. The molecule has 3 aliphatic rings. The minimum Gasteiger partial charge on any atom is -0.492 e. The molecular formula is C26H33N3O4S. The molecule has 2 aromatic carbocycles. The maximum absolute atomic E-state index is 13.2. The molecule has 34 heavy (non-hydrogen) atoms. The van der Waals surface area contributed by atoms with Crippen LogP contribution in [0.2, 0.25) is 0 Å². The zero-order valence-corrected chi connectivity index (χ0v) is 20.5. The lowest BCUT2D eigenvalue weighted by Crippen LogP contribution is -2.38. The van der Waals surface area contributed by atoms with Crippen LogP contribution < -0.4 is 9.46 Å². The molecule has 0 aromatic heterocycles. The van der Waals surface area contributed by atoms with E-state index in [9.17, 15) is 13.2 Å². The van der Waals surface area contributed by atoms with Crippen molar-refractivity contribution in [3.63, 3.8) is 0 Å². The first kappa shape index (κ1) is 23.3. The fraction of sp³-hybridized carbons (Fsp3) is 0.500. The minimum atomic E-state index is -3.66. The Morgan fingerprint density at radius 3 is 2.32 bits per heavy atom. The zero-order valence-electron chi connectivity index (χ0n) is 19.7. The van der Waals surface area contributed by atoms with E-state index in [1.807, 2.05) is 17.0 Å². The van der Waals surface area contributed by atoms with Gasteiger partial charge in [0.1, 0.15) is 10.6 Å². The smallest absolute Gasteiger partial charge is 0.244 e. The van der Waals surface area contributed by atoms with E-state index >= 15 is 0 Å². The number of hydrogen-bond donors (Lipinski definition) is 1. The maximum atomic E-state index is 13.2. The number of sulfonamides is 1. The van der Waals surface area contributed by atoms with Crippen molar-refractivity contribution < 1.29 is 17.9 Å². The predicted molar refractivity (Wildman–Crippen MR) is 130 cm³/mol. The minimum absolute atomic E-state index is 0.0329. The van der Waals surface area contributed by atoms with E-state index in [1.165, 1.54) is 11.1 Å². The fourth-order valence-corrected chi connectivity index (χ4v) is 6.36. The summed E-state index contributed by atoms with van der Waals surface area (Å²) in [4.78, 5) is 16.0. The van der Waals surface area contributed by atoms with Crippen LogP contribution in [0, 0.1) is 5.92 Å². The highest BCUT2D eigenvalue weighted by Crippen LogP contribution is 2.31. The van der Waals surface area contributed by atoms with Crippen LogP contribution in [-0.4, -0.2) is 49.9 Å². The van der Waals surface area contributed by atoms with E-state index in [4.69, 9.17) is 4.74 Å². The zero-order chi connectivity index (χ0) is 23.7. The van der Waals surface area contributed by atoms with Crippen LogP contribution in [0.1, 0.15) is 49.3 Å². The highest BCUT2D eigenvalue weighted by atomic mass is 32.2. The summed E-state index contributed by atoms with van der Waals surface area (Å²) in [5, 5.41) is 0. The molecular weight excluding hydrogens is 450 g/mol. The molecule has 0 spiro atoms. The van der Waals surface area contributed by atoms with Gasteiger partial charge >= 0.3 is 0 Å². The molecule has 2 fully saturated rings. The number of carbonyl (C=O) groups is 1. The number of nitrogens with zero attached hydrogens (tertiary/aromatic N) is 2. The van der Waals surface area contributed by atoms with Crippen LogP contribution in [0.25, 0.3) is 0 Å². The predicted octanol–water partition coefficient (Wildman–Crippen LogP) is 3.28. The standard InChI is InChI=1S/C26H33N3O4S/c1-19(30)29-12-10-20(11-13-29)18-33-25-9-6-21(14-26(25)34(31,32)27-24-7-8-24)15-28-16-22-4-2-3-5-23(22)17-28/h2-6,9,14,20,24,27H,7-8,10-13,15-18H2,1H3.